The molecular weight excluding hydrogens is 448 g/mol. The molecule has 1 fully saturated rings. The molecule has 0 aromatic heterocycles. The lowest BCUT2D eigenvalue weighted by Crippen LogP contribution is -2.45. The van der Waals surface area contributed by atoms with E-state index in [2.05, 4.69) is 28.1 Å². The highest BCUT2D eigenvalue weighted by molar-refractivity contribution is 5.99. The molecule has 1 saturated carbocycles. The smallest absolute Gasteiger partial charge is 0.319 e. The van der Waals surface area contributed by atoms with Crippen molar-refractivity contribution in [2.45, 2.75) is 56.9 Å². The Balaban J connectivity index is 1.33. The molecular formula is C30H36N4O2. The van der Waals surface area contributed by atoms with Crippen molar-refractivity contribution in [2.24, 2.45) is 5.73 Å². The van der Waals surface area contributed by atoms with Gasteiger partial charge in [-0.15, -0.1) is 0 Å². The second kappa shape index (κ2) is 12.9. The van der Waals surface area contributed by atoms with Crippen LogP contribution < -0.4 is 21.7 Å². The van der Waals surface area contributed by atoms with Gasteiger partial charge in [-0.25, -0.2) is 4.79 Å². The van der Waals surface area contributed by atoms with Crippen LogP contribution >= 0.6 is 0 Å². The maximum atomic E-state index is 13.0. The fourth-order valence-electron chi connectivity index (χ4n) is 4.80. The van der Waals surface area contributed by atoms with E-state index in [4.69, 9.17) is 5.73 Å². The predicted octanol–water partition coefficient (Wildman–Crippen LogP) is 6.27. The Labute approximate surface area is 213 Å². The number of nitrogens with two attached hydrogens (primary N) is 1. The molecule has 0 spiro atoms. The molecule has 6 heteroatoms. The van der Waals surface area contributed by atoms with Crippen LogP contribution in [-0.2, 0) is 4.79 Å². The molecule has 0 saturated heterocycles. The molecule has 3 aromatic rings. The van der Waals surface area contributed by atoms with Gasteiger partial charge in [-0.05, 0) is 79.1 Å². The maximum Gasteiger partial charge on any atom is 0.319 e. The van der Waals surface area contributed by atoms with Crippen molar-refractivity contribution in [3.8, 4) is 11.1 Å². The molecule has 0 heterocycles. The average molecular weight is 485 g/mol. The lowest BCUT2D eigenvalue weighted by Gasteiger charge is -2.22. The second-order valence-electron chi connectivity index (χ2n) is 9.47. The van der Waals surface area contributed by atoms with E-state index in [0.29, 0.717) is 31.0 Å². The third-order valence-electron chi connectivity index (χ3n) is 6.82. The molecule has 188 valence electrons. The Morgan fingerprint density at radius 1 is 0.778 bits per heavy atom. The van der Waals surface area contributed by atoms with Gasteiger partial charge < -0.3 is 21.7 Å². The minimum absolute atomic E-state index is 0.247. The van der Waals surface area contributed by atoms with Gasteiger partial charge in [0.2, 0.25) is 5.91 Å². The second-order valence-corrected chi connectivity index (χ2v) is 9.47. The normalized spacial score (nSPS) is 14.6. The lowest BCUT2D eigenvalue weighted by molar-refractivity contribution is -0.118. The Morgan fingerprint density at radius 3 is 2.06 bits per heavy atom. The number of carbonyl (C=O) groups excluding carboxylic acids is 2. The standard InChI is InChI=1S/C30H36N4O2/c31-21-7-12-28(29(35)32-26-17-13-24(14-18-26)22-8-3-1-4-9-22)34-30(36)33-27-19-15-25(16-20-27)23-10-5-2-6-11-23/h2,5-6,10-11,13-20,22,28H,1,3-4,7-9,12,21,31H2,(H,32,35)(H2,33,34,36)/t28-/m1/s1. The highest BCUT2D eigenvalue weighted by atomic mass is 16.2. The number of amides is 3. The summed E-state index contributed by atoms with van der Waals surface area (Å²) in [7, 11) is 0. The fraction of sp³-hybridized carbons (Fsp3) is 0.333. The summed E-state index contributed by atoms with van der Waals surface area (Å²) >= 11 is 0. The van der Waals surface area contributed by atoms with E-state index in [1.807, 2.05) is 66.7 Å². The van der Waals surface area contributed by atoms with Crippen molar-refractivity contribution in [1.29, 1.82) is 0 Å². The highest BCUT2D eigenvalue weighted by Gasteiger charge is 2.21. The minimum Gasteiger partial charge on any atom is -0.330 e. The molecule has 4 rings (SSSR count). The zero-order valence-electron chi connectivity index (χ0n) is 20.7. The molecule has 6 nitrogen and oxygen atoms in total. The van der Waals surface area contributed by atoms with Crippen molar-refractivity contribution in [1.82, 2.24) is 5.32 Å². The zero-order chi connectivity index (χ0) is 25.2. The quantitative estimate of drug-likeness (QED) is 0.288. The molecule has 0 bridgehead atoms. The number of urea groups is 1. The number of nitrogens with one attached hydrogen (secondary N) is 3. The lowest BCUT2D eigenvalue weighted by atomic mass is 9.84. The van der Waals surface area contributed by atoms with E-state index in [-0.39, 0.29) is 5.91 Å². The van der Waals surface area contributed by atoms with Gasteiger partial charge in [-0.2, -0.15) is 0 Å². The highest BCUT2D eigenvalue weighted by Crippen LogP contribution is 2.33. The topological polar surface area (TPSA) is 96.2 Å². The Morgan fingerprint density at radius 2 is 1.39 bits per heavy atom. The summed E-state index contributed by atoms with van der Waals surface area (Å²) in [6.07, 6.45) is 7.47. The van der Waals surface area contributed by atoms with Crippen LogP contribution in [0.1, 0.15) is 56.4 Å². The van der Waals surface area contributed by atoms with Gasteiger partial charge >= 0.3 is 6.03 Å². The molecule has 5 N–H and O–H groups in total. The van der Waals surface area contributed by atoms with Gasteiger partial charge in [0.1, 0.15) is 6.04 Å². The first-order valence-electron chi connectivity index (χ1n) is 13.0. The summed E-state index contributed by atoms with van der Waals surface area (Å²) in [4.78, 5) is 25.7. The minimum atomic E-state index is -0.685. The van der Waals surface area contributed by atoms with Crippen molar-refractivity contribution < 1.29 is 9.59 Å². The van der Waals surface area contributed by atoms with Crippen molar-refractivity contribution >= 4 is 23.3 Å². The zero-order valence-corrected chi connectivity index (χ0v) is 20.7. The molecule has 0 aliphatic heterocycles. The summed E-state index contributed by atoms with van der Waals surface area (Å²) in [6, 6.07) is 24.7. The molecule has 36 heavy (non-hydrogen) atoms. The monoisotopic (exact) mass is 484 g/mol. The number of hydrogen-bond donors (Lipinski definition) is 4. The Kier molecular flexibility index (Phi) is 9.11. The third kappa shape index (κ3) is 7.18. The van der Waals surface area contributed by atoms with E-state index in [9.17, 15) is 9.59 Å². The van der Waals surface area contributed by atoms with Gasteiger partial charge in [0.25, 0.3) is 0 Å². The van der Waals surface area contributed by atoms with Crippen LogP contribution in [0.5, 0.6) is 0 Å². The fourth-order valence-corrected chi connectivity index (χ4v) is 4.80. The van der Waals surface area contributed by atoms with Gasteiger partial charge in [0, 0.05) is 11.4 Å². The maximum absolute atomic E-state index is 13.0. The van der Waals surface area contributed by atoms with Gasteiger partial charge in [-0.1, -0.05) is 73.9 Å². The van der Waals surface area contributed by atoms with Crippen molar-refractivity contribution in [2.75, 3.05) is 17.2 Å². The average Bonchev–Trinajstić information content (AvgIpc) is 2.93. The molecule has 0 radical (unpaired) electrons. The predicted molar refractivity (Wildman–Crippen MR) is 147 cm³/mol. The first kappa shape index (κ1) is 25.5. The van der Waals surface area contributed by atoms with E-state index in [0.717, 1.165) is 16.8 Å². The van der Waals surface area contributed by atoms with E-state index >= 15 is 0 Å². The van der Waals surface area contributed by atoms with Crippen LogP contribution in [0.2, 0.25) is 0 Å². The summed E-state index contributed by atoms with van der Waals surface area (Å²) in [5.41, 5.74) is 10.6. The van der Waals surface area contributed by atoms with Crippen LogP contribution in [0.4, 0.5) is 16.2 Å². The summed E-state index contributed by atoms with van der Waals surface area (Å²) in [5.74, 6) is 0.372. The first-order chi connectivity index (χ1) is 17.6. The van der Waals surface area contributed by atoms with Crippen LogP contribution in [0.3, 0.4) is 0 Å². The number of carbonyl (C=O) groups is 2. The van der Waals surface area contributed by atoms with E-state index in [1.165, 1.54) is 37.7 Å². The number of benzene rings is 3. The molecule has 1 atom stereocenters. The first-order valence-corrected chi connectivity index (χ1v) is 13.0. The van der Waals surface area contributed by atoms with Crippen LogP contribution in [0, 0.1) is 0 Å². The van der Waals surface area contributed by atoms with Crippen LogP contribution in [-0.4, -0.2) is 24.5 Å². The molecule has 3 amide bonds. The van der Waals surface area contributed by atoms with E-state index in [1.54, 1.807) is 0 Å². The SMILES string of the molecule is NCCC[C@@H](NC(=O)Nc1ccc(-c2ccccc2)cc1)C(=O)Nc1ccc(C2CCCCC2)cc1. The van der Waals surface area contributed by atoms with Gasteiger partial charge in [-0.3, -0.25) is 4.79 Å². The molecule has 3 aromatic carbocycles. The molecule has 0 unspecified atom stereocenters. The Hall–Kier alpha value is -3.64. The third-order valence-corrected chi connectivity index (χ3v) is 6.82. The number of hydrogen-bond acceptors (Lipinski definition) is 3. The number of anilines is 2. The van der Waals surface area contributed by atoms with Crippen LogP contribution in [0.15, 0.2) is 78.9 Å². The molecule has 1 aliphatic rings. The van der Waals surface area contributed by atoms with Crippen molar-refractivity contribution in [3.05, 3.63) is 84.4 Å². The number of rotatable bonds is 9. The van der Waals surface area contributed by atoms with Gasteiger partial charge in [0.15, 0.2) is 0 Å². The summed E-state index contributed by atoms with van der Waals surface area (Å²) in [5, 5.41) is 8.59. The van der Waals surface area contributed by atoms with E-state index < -0.39 is 12.1 Å². The Bertz CT molecular complexity index is 1110. The van der Waals surface area contributed by atoms with Crippen molar-refractivity contribution in [3.63, 3.8) is 0 Å². The summed E-state index contributed by atoms with van der Waals surface area (Å²) in [6.45, 7) is 0.449. The van der Waals surface area contributed by atoms with Crippen LogP contribution in [0.25, 0.3) is 11.1 Å². The molecule has 1 aliphatic carbocycles. The largest absolute Gasteiger partial charge is 0.330 e. The summed E-state index contributed by atoms with van der Waals surface area (Å²) < 4.78 is 0. The van der Waals surface area contributed by atoms with Gasteiger partial charge in [0.05, 0.1) is 0 Å².